The zero-order chi connectivity index (χ0) is 12.9. The molecule has 0 bridgehead atoms. The molecule has 0 aliphatic heterocycles. The molecule has 0 saturated heterocycles. The maximum Gasteiger partial charge on any atom is 0.277 e. The Hall–Kier alpha value is -0.240. The third kappa shape index (κ3) is 4.17. The van der Waals surface area contributed by atoms with Crippen molar-refractivity contribution in [2.45, 2.75) is 51.0 Å². The fraction of sp³-hybridized carbons (Fsp3) is 0.900. The molecule has 0 aromatic carbocycles. The highest BCUT2D eigenvalue weighted by Crippen LogP contribution is 2.29. The highest BCUT2D eigenvalue weighted by molar-refractivity contribution is 7.87. The van der Waals surface area contributed by atoms with Crippen LogP contribution in [0.4, 0.5) is 0 Å². The first-order chi connectivity index (χ1) is 7.92. The Bertz CT molecular complexity index is 362. The van der Waals surface area contributed by atoms with Crippen molar-refractivity contribution in [3.05, 3.63) is 0 Å². The highest BCUT2D eigenvalue weighted by Gasteiger charge is 2.38. The number of rotatable bonds is 6. The van der Waals surface area contributed by atoms with Crippen molar-refractivity contribution in [3.63, 3.8) is 0 Å². The number of hydrogen-bond acceptors (Lipinski definition) is 3. The zero-order valence-electron chi connectivity index (χ0n) is 10.2. The number of thiocarbonyl (C=S) groups is 1. The van der Waals surface area contributed by atoms with Gasteiger partial charge in [-0.3, -0.25) is 0 Å². The molecule has 4 N–H and O–H groups in total. The van der Waals surface area contributed by atoms with Crippen LogP contribution in [-0.4, -0.2) is 25.5 Å². The molecule has 0 unspecified atom stereocenters. The summed E-state index contributed by atoms with van der Waals surface area (Å²) >= 11 is 5.03. The second kappa shape index (κ2) is 6.08. The molecule has 0 aromatic heterocycles. The first-order valence-corrected chi connectivity index (χ1v) is 7.89. The summed E-state index contributed by atoms with van der Waals surface area (Å²) < 4.78 is 28.8. The van der Waals surface area contributed by atoms with Gasteiger partial charge < -0.3 is 5.73 Å². The van der Waals surface area contributed by atoms with Gasteiger partial charge in [0.2, 0.25) is 0 Å². The number of hydrogen-bond donors (Lipinski definition) is 3. The van der Waals surface area contributed by atoms with Gasteiger partial charge in [0.25, 0.3) is 10.2 Å². The molecular formula is C10H21N3O2S2. The molecule has 0 radical (unpaired) electrons. The Morgan fingerprint density at radius 3 is 2.41 bits per heavy atom. The van der Waals surface area contributed by atoms with Crippen molar-refractivity contribution < 1.29 is 8.42 Å². The van der Waals surface area contributed by atoms with Crippen molar-refractivity contribution in [1.82, 2.24) is 9.44 Å². The summed E-state index contributed by atoms with van der Waals surface area (Å²) in [7, 11) is -3.51. The number of nitrogens with one attached hydrogen (secondary N) is 2. The van der Waals surface area contributed by atoms with Crippen LogP contribution in [0.25, 0.3) is 0 Å². The third-order valence-corrected chi connectivity index (χ3v) is 4.68. The van der Waals surface area contributed by atoms with Gasteiger partial charge in [-0.1, -0.05) is 38.4 Å². The lowest BCUT2D eigenvalue weighted by Crippen LogP contribution is -2.59. The summed E-state index contributed by atoms with van der Waals surface area (Å²) in [6.07, 6.45) is 5.14. The van der Waals surface area contributed by atoms with Crippen LogP contribution in [0.5, 0.6) is 0 Å². The Balaban J connectivity index is 2.76. The standard InChI is InChI=1S/C10H21N3O2S2/c1-2-8-12-17(14,15)13-10(9(11)16)6-4-3-5-7-10/h12-13H,2-8H2,1H3,(H2,11,16). The van der Waals surface area contributed by atoms with Crippen LogP contribution in [0, 0.1) is 0 Å². The zero-order valence-corrected chi connectivity index (χ0v) is 11.8. The monoisotopic (exact) mass is 279 g/mol. The normalized spacial score (nSPS) is 20.1. The molecule has 17 heavy (non-hydrogen) atoms. The van der Waals surface area contributed by atoms with E-state index in [0.717, 1.165) is 25.7 Å². The molecule has 0 heterocycles. The van der Waals surface area contributed by atoms with Gasteiger partial charge in [-0.2, -0.15) is 13.1 Å². The van der Waals surface area contributed by atoms with Crippen LogP contribution in [0.1, 0.15) is 45.4 Å². The molecular weight excluding hydrogens is 258 g/mol. The summed E-state index contributed by atoms with van der Waals surface area (Å²) in [5, 5.41) is 0. The van der Waals surface area contributed by atoms with E-state index >= 15 is 0 Å². The minimum Gasteiger partial charge on any atom is -0.392 e. The van der Waals surface area contributed by atoms with Gasteiger partial charge in [0.1, 0.15) is 0 Å². The summed E-state index contributed by atoms with van der Waals surface area (Å²) in [6.45, 7) is 2.33. The second-order valence-electron chi connectivity index (χ2n) is 4.51. The molecule has 0 spiro atoms. The molecule has 7 heteroatoms. The predicted octanol–water partition coefficient (Wildman–Crippen LogP) is 0.809. The van der Waals surface area contributed by atoms with Gasteiger partial charge in [0.15, 0.2) is 0 Å². The first kappa shape index (κ1) is 14.8. The van der Waals surface area contributed by atoms with Gasteiger partial charge in [-0.25, -0.2) is 4.72 Å². The Kier molecular flexibility index (Phi) is 5.30. The van der Waals surface area contributed by atoms with E-state index < -0.39 is 15.7 Å². The van der Waals surface area contributed by atoms with E-state index in [2.05, 4.69) is 9.44 Å². The largest absolute Gasteiger partial charge is 0.392 e. The van der Waals surface area contributed by atoms with Gasteiger partial charge in [-0.05, 0) is 19.3 Å². The van der Waals surface area contributed by atoms with Crippen LogP contribution in [0.3, 0.4) is 0 Å². The Morgan fingerprint density at radius 1 is 1.35 bits per heavy atom. The summed E-state index contributed by atoms with van der Waals surface area (Å²) in [5.74, 6) is 0. The minimum absolute atomic E-state index is 0.249. The lowest BCUT2D eigenvalue weighted by molar-refractivity contribution is 0.351. The van der Waals surface area contributed by atoms with Crippen LogP contribution in [-0.2, 0) is 10.2 Å². The van der Waals surface area contributed by atoms with E-state index in [4.69, 9.17) is 18.0 Å². The van der Waals surface area contributed by atoms with Crippen molar-refractivity contribution >= 4 is 27.4 Å². The van der Waals surface area contributed by atoms with Crippen LogP contribution in [0.2, 0.25) is 0 Å². The predicted molar refractivity (Wildman–Crippen MR) is 73.0 cm³/mol. The van der Waals surface area contributed by atoms with E-state index in [-0.39, 0.29) is 4.99 Å². The van der Waals surface area contributed by atoms with Gasteiger partial charge in [0, 0.05) is 6.54 Å². The highest BCUT2D eigenvalue weighted by atomic mass is 32.2. The fourth-order valence-corrected chi connectivity index (χ4v) is 3.78. The molecule has 1 aliphatic rings. The molecule has 1 rings (SSSR count). The van der Waals surface area contributed by atoms with Gasteiger partial charge in [-0.15, -0.1) is 0 Å². The molecule has 1 saturated carbocycles. The van der Waals surface area contributed by atoms with Crippen LogP contribution < -0.4 is 15.2 Å². The second-order valence-corrected chi connectivity index (χ2v) is 6.45. The maximum atomic E-state index is 11.8. The molecule has 100 valence electrons. The van der Waals surface area contributed by atoms with E-state index in [9.17, 15) is 8.42 Å². The van der Waals surface area contributed by atoms with Crippen molar-refractivity contribution in [2.75, 3.05) is 6.54 Å². The van der Waals surface area contributed by atoms with Crippen LogP contribution in [0.15, 0.2) is 0 Å². The molecule has 5 nitrogen and oxygen atoms in total. The third-order valence-electron chi connectivity index (χ3n) is 3.05. The van der Waals surface area contributed by atoms with E-state index in [1.54, 1.807) is 0 Å². The van der Waals surface area contributed by atoms with Gasteiger partial charge in [0.05, 0.1) is 10.5 Å². The maximum absolute atomic E-state index is 11.8. The van der Waals surface area contributed by atoms with Crippen molar-refractivity contribution in [3.8, 4) is 0 Å². The van der Waals surface area contributed by atoms with E-state index in [1.807, 2.05) is 6.92 Å². The smallest absolute Gasteiger partial charge is 0.277 e. The molecule has 0 amide bonds. The average molecular weight is 279 g/mol. The topological polar surface area (TPSA) is 84.2 Å². The van der Waals surface area contributed by atoms with E-state index in [0.29, 0.717) is 19.4 Å². The first-order valence-electron chi connectivity index (χ1n) is 6.00. The Morgan fingerprint density at radius 2 is 1.94 bits per heavy atom. The molecule has 0 atom stereocenters. The minimum atomic E-state index is -3.51. The molecule has 1 aliphatic carbocycles. The lowest BCUT2D eigenvalue weighted by Gasteiger charge is -2.36. The lowest BCUT2D eigenvalue weighted by atomic mass is 9.82. The quantitative estimate of drug-likeness (QED) is 0.628. The Labute approximate surface area is 109 Å². The SMILES string of the molecule is CCCNS(=O)(=O)NC1(C(N)=S)CCCCC1. The van der Waals surface area contributed by atoms with Crippen LogP contribution >= 0.6 is 12.2 Å². The molecule has 0 aromatic rings. The summed E-state index contributed by atoms with van der Waals surface area (Å²) in [5.41, 5.74) is 4.99. The van der Waals surface area contributed by atoms with Crippen molar-refractivity contribution in [1.29, 1.82) is 0 Å². The molecule has 1 fully saturated rings. The fourth-order valence-electron chi connectivity index (χ4n) is 2.08. The van der Waals surface area contributed by atoms with Crippen molar-refractivity contribution in [2.24, 2.45) is 5.73 Å². The average Bonchev–Trinajstić information content (AvgIpc) is 2.27. The number of nitrogens with two attached hydrogens (primary N) is 1. The summed E-state index contributed by atoms with van der Waals surface area (Å²) in [6, 6.07) is 0. The summed E-state index contributed by atoms with van der Waals surface area (Å²) in [4.78, 5) is 0.249. The van der Waals surface area contributed by atoms with Gasteiger partial charge >= 0.3 is 0 Å². The van der Waals surface area contributed by atoms with E-state index in [1.165, 1.54) is 0 Å².